The molecule has 0 aliphatic heterocycles. The Bertz CT molecular complexity index is 550. The van der Waals surface area contributed by atoms with Gasteiger partial charge in [0, 0.05) is 12.5 Å². The van der Waals surface area contributed by atoms with Gasteiger partial charge in [-0.3, -0.25) is 0 Å². The molecule has 0 saturated carbocycles. The van der Waals surface area contributed by atoms with Crippen LogP contribution in [-0.4, -0.2) is 44.7 Å². The van der Waals surface area contributed by atoms with Crippen LogP contribution in [0.25, 0.3) is 0 Å². The van der Waals surface area contributed by atoms with E-state index in [0.717, 1.165) is 22.8 Å². The van der Waals surface area contributed by atoms with E-state index in [0.29, 0.717) is 0 Å². The quantitative estimate of drug-likeness (QED) is 0.383. The fourth-order valence-corrected chi connectivity index (χ4v) is 1.93. The number of carboxylic acid groups (broad SMARTS) is 1. The Morgan fingerprint density at radius 2 is 1.58 bits per heavy atom. The molecule has 3 atom stereocenters. The molecule has 0 aliphatic rings. The Morgan fingerprint density at radius 3 is 2.12 bits per heavy atom. The molecule has 5 nitrogen and oxygen atoms in total. The molecule has 4 N–H and O–H groups in total. The third-order valence-electron chi connectivity index (χ3n) is 3.07. The Balaban J connectivity index is 4.74. The number of rotatable bonds is 9. The molecule has 3 unspecified atom stereocenters. The molecule has 134 valence electrons. The Kier molecular flexibility index (Phi) is 10.6. The van der Waals surface area contributed by atoms with Gasteiger partial charge in [-0.05, 0) is 27.7 Å². The summed E-state index contributed by atoms with van der Waals surface area (Å²) in [4.78, 5) is 10.4. The van der Waals surface area contributed by atoms with Crippen molar-refractivity contribution < 1.29 is 25.2 Å². The van der Waals surface area contributed by atoms with Crippen LogP contribution in [0.15, 0.2) is 59.3 Å². The third-order valence-corrected chi connectivity index (χ3v) is 3.07. The predicted octanol–water partition coefficient (Wildman–Crippen LogP) is 2.51. The Labute approximate surface area is 143 Å². The van der Waals surface area contributed by atoms with Crippen molar-refractivity contribution in [3.05, 3.63) is 59.3 Å². The summed E-state index contributed by atoms with van der Waals surface area (Å²) in [5, 5.41) is 37.3. The van der Waals surface area contributed by atoms with Gasteiger partial charge < -0.3 is 20.4 Å². The highest BCUT2D eigenvalue weighted by Gasteiger charge is 2.15. The fourth-order valence-electron chi connectivity index (χ4n) is 1.93. The lowest BCUT2D eigenvalue weighted by Gasteiger charge is -2.16. The molecule has 5 heteroatoms. The summed E-state index contributed by atoms with van der Waals surface area (Å²) >= 11 is 0. The van der Waals surface area contributed by atoms with Gasteiger partial charge in [-0.25, -0.2) is 4.79 Å². The minimum Gasteiger partial charge on any atom is -0.478 e. The number of carboxylic acids is 1. The number of aliphatic carboxylic acids is 1. The van der Waals surface area contributed by atoms with E-state index < -0.39 is 24.3 Å². The fraction of sp³-hybridized carbons (Fsp3) is 0.421. The molecule has 0 spiro atoms. The summed E-state index contributed by atoms with van der Waals surface area (Å²) in [5.41, 5.74) is 2.55. The van der Waals surface area contributed by atoms with E-state index >= 15 is 0 Å². The lowest BCUT2D eigenvalue weighted by atomic mass is 10.0. The number of hydrogen-bond donors (Lipinski definition) is 4. The van der Waals surface area contributed by atoms with Crippen molar-refractivity contribution in [2.75, 3.05) is 0 Å². The average molecular weight is 336 g/mol. The van der Waals surface area contributed by atoms with Crippen LogP contribution in [0.4, 0.5) is 0 Å². The molecule has 0 aromatic carbocycles. The van der Waals surface area contributed by atoms with Crippen molar-refractivity contribution in [1.82, 2.24) is 0 Å². The third kappa shape index (κ3) is 11.6. The molecule has 0 saturated heterocycles. The van der Waals surface area contributed by atoms with Crippen LogP contribution in [-0.2, 0) is 4.79 Å². The zero-order valence-electron chi connectivity index (χ0n) is 14.7. The first kappa shape index (κ1) is 22.1. The SMILES string of the molecule is CC(=CC=C/C(C)=C/C(O)C(O)CC(C)O)C=C(C)C=CC(=O)O. The van der Waals surface area contributed by atoms with Crippen LogP contribution in [0.2, 0.25) is 0 Å². The van der Waals surface area contributed by atoms with Gasteiger partial charge in [0.15, 0.2) is 0 Å². The minimum atomic E-state index is -1.03. The number of carbonyl (C=O) groups is 1. The van der Waals surface area contributed by atoms with Gasteiger partial charge in [0.2, 0.25) is 0 Å². The zero-order valence-corrected chi connectivity index (χ0v) is 14.7. The summed E-state index contributed by atoms with van der Waals surface area (Å²) in [5.74, 6) is -0.985. The highest BCUT2D eigenvalue weighted by Crippen LogP contribution is 2.08. The van der Waals surface area contributed by atoms with E-state index in [1.807, 2.05) is 26.0 Å². The molecular weight excluding hydrogens is 308 g/mol. The highest BCUT2D eigenvalue weighted by atomic mass is 16.4. The van der Waals surface area contributed by atoms with Crippen molar-refractivity contribution in [2.45, 2.75) is 52.4 Å². The second-order valence-electron chi connectivity index (χ2n) is 5.88. The molecule has 0 aromatic rings. The molecule has 0 heterocycles. The van der Waals surface area contributed by atoms with E-state index in [1.165, 1.54) is 12.2 Å². The normalized spacial score (nSPS) is 18.2. The number of allylic oxidation sites excluding steroid dienone is 8. The average Bonchev–Trinajstić information content (AvgIpc) is 2.44. The molecule has 0 rings (SSSR count). The van der Waals surface area contributed by atoms with E-state index in [2.05, 4.69) is 0 Å². The maximum Gasteiger partial charge on any atom is 0.328 e. The summed E-state index contributed by atoms with van der Waals surface area (Å²) in [6.45, 7) is 7.06. The monoisotopic (exact) mass is 336 g/mol. The summed E-state index contributed by atoms with van der Waals surface area (Å²) in [6, 6.07) is 0. The zero-order chi connectivity index (χ0) is 18.7. The first-order chi connectivity index (χ1) is 11.1. The summed E-state index contributed by atoms with van der Waals surface area (Å²) in [7, 11) is 0. The van der Waals surface area contributed by atoms with Gasteiger partial charge in [0.1, 0.15) is 0 Å². The van der Waals surface area contributed by atoms with Gasteiger partial charge >= 0.3 is 5.97 Å². The largest absolute Gasteiger partial charge is 0.478 e. The van der Waals surface area contributed by atoms with E-state index in [4.69, 9.17) is 5.11 Å². The number of hydrogen-bond acceptors (Lipinski definition) is 4. The van der Waals surface area contributed by atoms with Crippen molar-refractivity contribution in [3.63, 3.8) is 0 Å². The van der Waals surface area contributed by atoms with Gasteiger partial charge in [0.05, 0.1) is 18.3 Å². The maximum atomic E-state index is 10.4. The van der Waals surface area contributed by atoms with Crippen molar-refractivity contribution in [1.29, 1.82) is 0 Å². The number of aliphatic hydroxyl groups excluding tert-OH is 3. The topological polar surface area (TPSA) is 98.0 Å². The van der Waals surface area contributed by atoms with Crippen molar-refractivity contribution in [3.8, 4) is 0 Å². The van der Waals surface area contributed by atoms with Crippen LogP contribution >= 0.6 is 0 Å². The van der Waals surface area contributed by atoms with Crippen LogP contribution < -0.4 is 0 Å². The van der Waals surface area contributed by atoms with Crippen molar-refractivity contribution in [2.24, 2.45) is 0 Å². The van der Waals surface area contributed by atoms with Gasteiger partial charge in [-0.1, -0.05) is 53.2 Å². The molecular formula is C19H28O5. The maximum absolute atomic E-state index is 10.4. The molecule has 24 heavy (non-hydrogen) atoms. The molecule has 0 aliphatic carbocycles. The van der Waals surface area contributed by atoms with E-state index in [-0.39, 0.29) is 6.42 Å². The standard InChI is InChI=1S/C19H28O5/c1-13(10-15(3)8-9-19(23)24)6-5-7-14(2)11-17(21)18(22)12-16(4)20/h5-11,16-18,20-22H,12H2,1-4H3,(H,23,24)/b7-5?,9-8?,13-6?,14-11+,15-10?. The number of aliphatic hydroxyl groups is 3. The second-order valence-corrected chi connectivity index (χ2v) is 5.88. The van der Waals surface area contributed by atoms with Crippen LogP contribution in [0.1, 0.15) is 34.1 Å². The Hall–Kier alpha value is -1.95. The first-order valence-corrected chi connectivity index (χ1v) is 7.78. The van der Waals surface area contributed by atoms with Crippen LogP contribution in [0.3, 0.4) is 0 Å². The molecule has 0 bridgehead atoms. The van der Waals surface area contributed by atoms with E-state index in [9.17, 15) is 20.1 Å². The second kappa shape index (κ2) is 11.6. The van der Waals surface area contributed by atoms with Gasteiger partial charge in [0.25, 0.3) is 0 Å². The van der Waals surface area contributed by atoms with Crippen LogP contribution in [0.5, 0.6) is 0 Å². The van der Waals surface area contributed by atoms with Gasteiger partial charge in [-0.2, -0.15) is 0 Å². The molecule has 0 radical (unpaired) electrons. The summed E-state index contributed by atoms with van der Waals surface area (Å²) in [6.07, 6.45) is 8.85. The first-order valence-electron chi connectivity index (χ1n) is 7.78. The Morgan fingerprint density at radius 1 is 0.958 bits per heavy atom. The smallest absolute Gasteiger partial charge is 0.328 e. The summed E-state index contributed by atoms with van der Waals surface area (Å²) < 4.78 is 0. The molecule has 0 amide bonds. The highest BCUT2D eigenvalue weighted by molar-refractivity contribution is 5.80. The minimum absolute atomic E-state index is 0.113. The predicted molar refractivity (Wildman–Crippen MR) is 95.5 cm³/mol. The molecule has 0 aromatic heterocycles. The van der Waals surface area contributed by atoms with Crippen molar-refractivity contribution >= 4 is 5.97 Å². The van der Waals surface area contributed by atoms with Gasteiger partial charge in [-0.15, -0.1) is 0 Å². The lowest BCUT2D eigenvalue weighted by molar-refractivity contribution is -0.131. The molecule has 0 fully saturated rings. The lowest BCUT2D eigenvalue weighted by Crippen LogP contribution is -2.27. The van der Waals surface area contributed by atoms with E-state index in [1.54, 1.807) is 26.0 Å². The van der Waals surface area contributed by atoms with Crippen LogP contribution in [0, 0.1) is 0 Å².